The van der Waals surface area contributed by atoms with E-state index in [9.17, 15) is 0 Å². The molecule has 0 spiro atoms. The second-order valence-corrected chi connectivity index (χ2v) is 4.38. The fourth-order valence-corrected chi connectivity index (χ4v) is 1.54. The van der Waals surface area contributed by atoms with Gasteiger partial charge in [-0.25, -0.2) is 4.98 Å². The van der Waals surface area contributed by atoms with Gasteiger partial charge in [0.25, 0.3) is 0 Å². The summed E-state index contributed by atoms with van der Waals surface area (Å²) < 4.78 is 0. The van der Waals surface area contributed by atoms with Gasteiger partial charge in [0, 0.05) is 17.8 Å². The Morgan fingerprint density at radius 3 is 2.59 bits per heavy atom. The molecule has 0 bridgehead atoms. The molecule has 0 radical (unpaired) electrons. The lowest BCUT2D eigenvalue weighted by Crippen LogP contribution is -2.45. The fraction of sp³-hybridized carbons (Fsp3) is 0.538. The van der Waals surface area contributed by atoms with E-state index in [-0.39, 0.29) is 5.54 Å². The Labute approximate surface area is 103 Å². The number of nitrogens with zero attached hydrogens (tertiary/aromatic N) is 2. The summed E-state index contributed by atoms with van der Waals surface area (Å²) in [7, 11) is 0. The third kappa shape index (κ3) is 3.43. The van der Waals surface area contributed by atoms with E-state index in [0.717, 1.165) is 18.5 Å². The zero-order valence-corrected chi connectivity index (χ0v) is 10.7. The SMILES string of the molecule is CCC(N)(CC)CNc1nc(C)ccc1C#N. The molecule has 1 aromatic rings. The Hall–Kier alpha value is -1.60. The van der Waals surface area contributed by atoms with Crippen molar-refractivity contribution in [2.24, 2.45) is 5.73 Å². The molecule has 0 aliphatic carbocycles. The van der Waals surface area contributed by atoms with Crippen LogP contribution >= 0.6 is 0 Å². The maximum Gasteiger partial charge on any atom is 0.144 e. The van der Waals surface area contributed by atoms with Crippen molar-refractivity contribution in [2.75, 3.05) is 11.9 Å². The molecule has 0 fully saturated rings. The molecule has 0 aromatic carbocycles. The zero-order chi connectivity index (χ0) is 12.9. The van der Waals surface area contributed by atoms with Crippen LogP contribution in [0, 0.1) is 18.3 Å². The third-order valence-corrected chi connectivity index (χ3v) is 3.17. The van der Waals surface area contributed by atoms with Crippen molar-refractivity contribution < 1.29 is 0 Å². The van der Waals surface area contributed by atoms with Gasteiger partial charge in [-0.05, 0) is 31.9 Å². The van der Waals surface area contributed by atoms with E-state index < -0.39 is 0 Å². The summed E-state index contributed by atoms with van der Waals surface area (Å²) in [5, 5.41) is 12.2. The number of hydrogen-bond acceptors (Lipinski definition) is 4. The van der Waals surface area contributed by atoms with Crippen LogP contribution in [0.15, 0.2) is 12.1 Å². The van der Waals surface area contributed by atoms with Crippen LogP contribution in [0.1, 0.15) is 37.9 Å². The monoisotopic (exact) mass is 232 g/mol. The van der Waals surface area contributed by atoms with Gasteiger partial charge in [0.1, 0.15) is 11.9 Å². The zero-order valence-electron chi connectivity index (χ0n) is 10.7. The lowest BCUT2D eigenvalue weighted by molar-refractivity contribution is 0.418. The van der Waals surface area contributed by atoms with E-state index in [0.29, 0.717) is 17.9 Å². The maximum absolute atomic E-state index is 8.99. The van der Waals surface area contributed by atoms with Gasteiger partial charge in [-0.15, -0.1) is 0 Å². The van der Waals surface area contributed by atoms with Crippen molar-refractivity contribution in [1.29, 1.82) is 5.26 Å². The molecule has 1 heterocycles. The predicted molar refractivity (Wildman–Crippen MR) is 69.7 cm³/mol. The largest absolute Gasteiger partial charge is 0.367 e. The molecular formula is C13H20N4. The van der Waals surface area contributed by atoms with Crippen molar-refractivity contribution in [1.82, 2.24) is 4.98 Å². The molecule has 0 aliphatic heterocycles. The molecule has 1 rings (SSSR count). The summed E-state index contributed by atoms with van der Waals surface area (Å²) in [6, 6.07) is 5.74. The molecule has 0 amide bonds. The molecular weight excluding hydrogens is 212 g/mol. The molecule has 0 aliphatic rings. The van der Waals surface area contributed by atoms with E-state index in [1.165, 1.54) is 0 Å². The van der Waals surface area contributed by atoms with Gasteiger partial charge in [-0.2, -0.15) is 5.26 Å². The third-order valence-electron chi connectivity index (χ3n) is 3.17. The molecule has 0 atom stereocenters. The first-order valence-corrected chi connectivity index (χ1v) is 5.95. The minimum atomic E-state index is -0.238. The highest BCUT2D eigenvalue weighted by atomic mass is 15.0. The van der Waals surface area contributed by atoms with Gasteiger partial charge in [-0.3, -0.25) is 0 Å². The number of nitrogens with one attached hydrogen (secondary N) is 1. The summed E-state index contributed by atoms with van der Waals surface area (Å²) >= 11 is 0. The number of pyridine rings is 1. The highest BCUT2D eigenvalue weighted by Gasteiger charge is 2.20. The first kappa shape index (κ1) is 13.5. The van der Waals surface area contributed by atoms with Gasteiger partial charge in [0.15, 0.2) is 0 Å². The van der Waals surface area contributed by atoms with Crippen molar-refractivity contribution in [3.8, 4) is 6.07 Å². The molecule has 0 saturated carbocycles. The quantitative estimate of drug-likeness (QED) is 0.816. The Balaban J connectivity index is 2.82. The number of aryl methyl sites for hydroxylation is 1. The van der Waals surface area contributed by atoms with Crippen LogP contribution in [-0.2, 0) is 0 Å². The van der Waals surface area contributed by atoms with E-state index in [1.807, 2.05) is 13.0 Å². The van der Waals surface area contributed by atoms with Crippen molar-refractivity contribution >= 4 is 5.82 Å². The lowest BCUT2D eigenvalue weighted by Gasteiger charge is -2.27. The van der Waals surface area contributed by atoms with E-state index in [1.54, 1.807) is 6.07 Å². The van der Waals surface area contributed by atoms with Gasteiger partial charge in [-0.1, -0.05) is 13.8 Å². The normalized spacial score (nSPS) is 11.0. The van der Waals surface area contributed by atoms with Crippen LogP contribution in [0.3, 0.4) is 0 Å². The topological polar surface area (TPSA) is 74.7 Å². The first-order chi connectivity index (χ1) is 8.04. The number of hydrogen-bond donors (Lipinski definition) is 2. The standard InChI is InChI=1S/C13H20N4/c1-4-13(15,5-2)9-16-12-11(8-14)7-6-10(3)17-12/h6-7H,4-5,9,15H2,1-3H3,(H,16,17). The van der Waals surface area contributed by atoms with Crippen LogP contribution in [-0.4, -0.2) is 17.1 Å². The molecule has 17 heavy (non-hydrogen) atoms. The smallest absolute Gasteiger partial charge is 0.144 e. The van der Waals surface area contributed by atoms with Gasteiger partial charge in [0.05, 0.1) is 5.56 Å². The fourth-order valence-electron chi connectivity index (χ4n) is 1.54. The summed E-state index contributed by atoms with van der Waals surface area (Å²) in [4.78, 5) is 4.33. The number of nitriles is 1. The average Bonchev–Trinajstić information content (AvgIpc) is 2.36. The highest BCUT2D eigenvalue weighted by Crippen LogP contribution is 2.16. The Morgan fingerprint density at radius 2 is 2.06 bits per heavy atom. The number of aromatic nitrogens is 1. The first-order valence-electron chi connectivity index (χ1n) is 5.95. The predicted octanol–water partition coefficient (Wildman–Crippen LogP) is 2.19. The van der Waals surface area contributed by atoms with Crippen LogP contribution in [0.25, 0.3) is 0 Å². The minimum Gasteiger partial charge on any atom is -0.367 e. The van der Waals surface area contributed by atoms with Crippen LogP contribution in [0.2, 0.25) is 0 Å². The average molecular weight is 232 g/mol. The number of nitrogens with two attached hydrogens (primary N) is 1. The molecule has 92 valence electrons. The van der Waals surface area contributed by atoms with Gasteiger partial charge >= 0.3 is 0 Å². The van der Waals surface area contributed by atoms with E-state index in [2.05, 4.69) is 30.2 Å². The molecule has 4 heteroatoms. The lowest BCUT2D eigenvalue weighted by atomic mass is 9.94. The van der Waals surface area contributed by atoms with E-state index in [4.69, 9.17) is 11.0 Å². The number of anilines is 1. The second kappa shape index (κ2) is 5.65. The summed E-state index contributed by atoms with van der Waals surface area (Å²) in [6.07, 6.45) is 1.79. The summed E-state index contributed by atoms with van der Waals surface area (Å²) in [5.74, 6) is 0.629. The summed E-state index contributed by atoms with van der Waals surface area (Å²) in [6.45, 7) is 6.67. The van der Waals surface area contributed by atoms with Gasteiger partial charge in [0.2, 0.25) is 0 Å². The molecule has 4 nitrogen and oxygen atoms in total. The van der Waals surface area contributed by atoms with Crippen LogP contribution in [0.5, 0.6) is 0 Å². The minimum absolute atomic E-state index is 0.238. The van der Waals surface area contributed by atoms with Crippen molar-refractivity contribution in [2.45, 2.75) is 39.2 Å². The molecule has 1 aromatic heterocycles. The van der Waals surface area contributed by atoms with Crippen LogP contribution in [0.4, 0.5) is 5.82 Å². The van der Waals surface area contributed by atoms with Gasteiger partial charge < -0.3 is 11.1 Å². The molecule has 0 saturated heterocycles. The Kier molecular flexibility index (Phi) is 4.47. The van der Waals surface area contributed by atoms with Crippen molar-refractivity contribution in [3.63, 3.8) is 0 Å². The second-order valence-electron chi connectivity index (χ2n) is 4.38. The number of rotatable bonds is 5. The Bertz CT molecular complexity index is 416. The molecule has 0 unspecified atom stereocenters. The van der Waals surface area contributed by atoms with Crippen molar-refractivity contribution in [3.05, 3.63) is 23.4 Å². The Morgan fingerprint density at radius 1 is 1.41 bits per heavy atom. The summed E-state index contributed by atoms with van der Waals surface area (Å²) in [5.41, 5.74) is 7.41. The van der Waals surface area contributed by atoms with Crippen LogP contribution < -0.4 is 11.1 Å². The highest BCUT2D eigenvalue weighted by molar-refractivity contribution is 5.52. The molecule has 3 N–H and O–H groups in total. The van der Waals surface area contributed by atoms with E-state index >= 15 is 0 Å². The maximum atomic E-state index is 8.99.